The van der Waals surface area contributed by atoms with Crippen molar-refractivity contribution < 1.29 is 8.42 Å². The lowest BCUT2D eigenvalue weighted by atomic mass is 9.82. The largest absolute Gasteiger partial charge is 0.360 e. The summed E-state index contributed by atoms with van der Waals surface area (Å²) in [5, 5.41) is 0. The van der Waals surface area contributed by atoms with E-state index in [0.717, 1.165) is 20.3 Å². The Hall–Kier alpha value is -2.12. The molecule has 0 radical (unpaired) electrons. The van der Waals surface area contributed by atoms with Gasteiger partial charge < -0.3 is 4.90 Å². The van der Waals surface area contributed by atoms with Crippen LogP contribution in [0.2, 0.25) is 0 Å². The van der Waals surface area contributed by atoms with Crippen LogP contribution in [0.25, 0.3) is 0 Å². The third-order valence-electron chi connectivity index (χ3n) is 5.67. The van der Waals surface area contributed by atoms with Crippen molar-refractivity contribution in [2.24, 2.45) is 0 Å². The topological polar surface area (TPSA) is 37.4 Å². The minimum Gasteiger partial charge on any atom is -0.360 e. The molecular weight excluding hydrogens is 493 g/mol. The van der Waals surface area contributed by atoms with Crippen molar-refractivity contribution in [2.45, 2.75) is 10.8 Å². The number of nitrogens with zero attached hydrogens (tertiary/aromatic N) is 1. The van der Waals surface area contributed by atoms with Crippen LogP contribution in [-0.4, -0.2) is 26.1 Å². The number of halogens is 1. The number of likely N-dealkylation sites (tertiary alicyclic amines) is 1. The lowest BCUT2D eigenvalue weighted by molar-refractivity contribution is 0.158. The molecule has 3 aromatic carbocycles. The van der Waals surface area contributed by atoms with Crippen LogP contribution in [0.3, 0.4) is 0 Å². The second-order valence-corrected chi connectivity index (χ2v) is 10.9. The van der Waals surface area contributed by atoms with Gasteiger partial charge in [0.25, 0.3) is 0 Å². The molecule has 1 heterocycles. The molecule has 3 aromatic rings. The first kappa shape index (κ1) is 20.2. The third-order valence-corrected chi connectivity index (χ3v) is 8.21. The van der Waals surface area contributed by atoms with Crippen molar-refractivity contribution in [1.29, 1.82) is 0 Å². The van der Waals surface area contributed by atoms with Gasteiger partial charge in [0.15, 0.2) is 14.6 Å². The fourth-order valence-corrected chi connectivity index (χ4v) is 6.20. The number of rotatable bonds is 5. The Morgan fingerprint density at radius 3 is 1.93 bits per heavy atom. The predicted molar refractivity (Wildman–Crippen MR) is 126 cm³/mol. The summed E-state index contributed by atoms with van der Waals surface area (Å²) >= 11 is 2.22. The first-order chi connectivity index (χ1) is 13.8. The molecule has 0 bridgehead atoms. The van der Waals surface area contributed by atoms with Gasteiger partial charge in [0.05, 0.1) is 6.04 Å². The van der Waals surface area contributed by atoms with Gasteiger partial charge in [-0.3, -0.25) is 0 Å². The van der Waals surface area contributed by atoms with Crippen molar-refractivity contribution >= 4 is 32.4 Å². The van der Waals surface area contributed by atoms with Gasteiger partial charge in [-0.2, -0.15) is 0 Å². The van der Waals surface area contributed by atoms with Crippen LogP contribution in [0.1, 0.15) is 22.7 Å². The molecule has 0 N–H and O–H groups in total. The van der Waals surface area contributed by atoms with Gasteiger partial charge in [-0.25, -0.2) is 8.42 Å². The van der Waals surface area contributed by atoms with E-state index in [1.54, 1.807) is 0 Å². The fourth-order valence-electron chi connectivity index (χ4n) is 4.18. The van der Waals surface area contributed by atoms with E-state index < -0.39 is 14.6 Å². The lowest BCUT2D eigenvalue weighted by Gasteiger charge is -2.55. The van der Waals surface area contributed by atoms with Crippen LogP contribution in [0.15, 0.2) is 97.2 Å². The average Bonchev–Trinajstić information content (AvgIpc) is 2.70. The lowest BCUT2D eigenvalue weighted by Crippen LogP contribution is -2.61. The van der Waals surface area contributed by atoms with Gasteiger partial charge in [0.1, 0.15) is 0 Å². The number of hydrogen-bond acceptors (Lipinski definition) is 3. The zero-order chi connectivity index (χ0) is 20.6. The summed E-state index contributed by atoms with van der Waals surface area (Å²) in [4.78, 5) is 2.12. The van der Waals surface area contributed by atoms with Gasteiger partial charge in [-0.05, 0) is 51.4 Å². The molecule has 1 unspecified atom stereocenters. The van der Waals surface area contributed by atoms with Crippen LogP contribution in [0.4, 0.5) is 0 Å². The molecule has 0 spiro atoms. The molecule has 1 aliphatic heterocycles. The molecule has 3 nitrogen and oxygen atoms in total. The van der Waals surface area contributed by atoms with E-state index in [0.29, 0.717) is 12.2 Å². The quantitative estimate of drug-likeness (QED) is 0.442. The van der Waals surface area contributed by atoms with Gasteiger partial charge in [0.2, 0.25) is 0 Å². The molecule has 148 valence electrons. The Morgan fingerprint density at radius 1 is 0.931 bits per heavy atom. The minimum atomic E-state index is -3.42. The maximum absolute atomic E-state index is 13.0. The highest BCUT2D eigenvalue weighted by Crippen LogP contribution is 2.52. The van der Waals surface area contributed by atoms with Gasteiger partial charge in [-0.15, -0.1) is 0 Å². The molecule has 1 aliphatic rings. The molecule has 1 atom stereocenters. The summed E-state index contributed by atoms with van der Waals surface area (Å²) < 4.78 is 25.9. The first-order valence-electron chi connectivity index (χ1n) is 9.36. The number of hydrogen-bond donors (Lipinski definition) is 0. The van der Waals surface area contributed by atoms with Gasteiger partial charge >= 0.3 is 0 Å². The fraction of sp³-hybridized carbons (Fsp3) is 0.167. The van der Waals surface area contributed by atoms with Crippen molar-refractivity contribution in [3.05, 3.63) is 117 Å². The summed E-state index contributed by atoms with van der Waals surface area (Å²) in [7, 11) is -3.42. The second kappa shape index (κ2) is 7.61. The molecule has 4 rings (SSSR count). The molecule has 1 saturated heterocycles. The summed E-state index contributed by atoms with van der Waals surface area (Å²) in [6, 6.07) is 28.0. The molecule has 5 heteroatoms. The van der Waals surface area contributed by atoms with E-state index >= 15 is 0 Å². The van der Waals surface area contributed by atoms with Gasteiger partial charge in [-0.1, -0.05) is 79.4 Å². The normalized spacial score (nSPS) is 19.3. The predicted octanol–water partition coefficient (Wildman–Crippen LogP) is 5.15. The maximum atomic E-state index is 13.0. The molecule has 0 aromatic heterocycles. The molecule has 0 amide bonds. The molecule has 0 saturated carbocycles. The third kappa shape index (κ3) is 3.40. The Morgan fingerprint density at radius 2 is 1.48 bits per heavy atom. The smallest absolute Gasteiger partial charge is 0.164 e. The Bertz CT molecular complexity index is 1110. The summed E-state index contributed by atoms with van der Waals surface area (Å²) in [5.74, 6) is 0. The Balaban J connectivity index is 1.81. The van der Waals surface area contributed by atoms with Crippen LogP contribution in [0, 0.1) is 3.57 Å². The van der Waals surface area contributed by atoms with Crippen LogP contribution in [-0.2, 0) is 14.6 Å². The maximum Gasteiger partial charge on any atom is 0.164 e. The van der Waals surface area contributed by atoms with E-state index in [1.807, 2.05) is 60.7 Å². The Kier molecular flexibility index (Phi) is 5.29. The minimum absolute atomic E-state index is 0.0810. The number of benzene rings is 3. The van der Waals surface area contributed by atoms with Crippen molar-refractivity contribution in [3.8, 4) is 0 Å². The second-order valence-electron chi connectivity index (χ2n) is 7.41. The zero-order valence-corrected chi connectivity index (χ0v) is 19.1. The summed E-state index contributed by atoms with van der Waals surface area (Å²) in [6.07, 6.45) is 1.31. The van der Waals surface area contributed by atoms with E-state index in [1.165, 1.54) is 6.26 Å². The monoisotopic (exact) mass is 515 g/mol. The van der Waals surface area contributed by atoms with Crippen LogP contribution < -0.4 is 0 Å². The SMILES string of the molecule is C=C1N(C(c2ccccc2)c2ccccc2)CC1(c1cccc(I)c1)S(C)(=O)=O. The van der Waals surface area contributed by atoms with E-state index in [4.69, 9.17) is 0 Å². The highest BCUT2D eigenvalue weighted by molar-refractivity contribution is 14.1. The standard InChI is InChI=1S/C24H22INO2S/c1-18-24(29(2,27)28,21-14-9-15-22(25)16-21)17-26(18)23(19-10-5-3-6-11-19)20-12-7-4-8-13-20/h3-16,23H,1,17H2,2H3. The molecular formula is C24H22INO2S. The summed E-state index contributed by atoms with van der Waals surface area (Å²) in [5.41, 5.74) is 3.64. The van der Waals surface area contributed by atoms with E-state index in [-0.39, 0.29) is 6.04 Å². The first-order valence-corrected chi connectivity index (χ1v) is 12.3. The number of sulfone groups is 1. The van der Waals surface area contributed by atoms with Crippen LogP contribution in [0.5, 0.6) is 0 Å². The average molecular weight is 515 g/mol. The van der Waals surface area contributed by atoms with Gasteiger partial charge in [0, 0.05) is 22.1 Å². The van der Waals surface area contributed by atoms with Crippen LogP contribution >= 0.6 is 22.6 Å². The van der Waals surface area contributed by atoms with Crippen molar-refractivity contribution in [3.63, 3.8) is 0 Å². The zero-order valence-electron chi connectivity index (χ0n) is 16.1. The highest BCUT2D eigenvalue weighted by atomic mass is 127. The van der Waals surface area contributed by atoms with Crippen molar-refractivity contribution in [2.75, 3.05) is 12.8 Å². The van der Waals surface area contributed by atoms with E-state index in [9.17, 15) is 8.42 Å². The summed E-state index contributed by atoms with van der Waals surface area (Å²) in [6.45, 7) is 4.66. The molecule has 29 heavy (non-hydrogen) atoms. The molecule has 1 fully saturated rings. The highest BCUT2D eigenvalue weighted by Gasteiger charge is 2.57. The van der Waals surface area contributed by atoms with E-state index in [2.05, 4.69) is 58.3 Å². The Labute approximate surface area is 186 Å². The molecule has 0 aliphatic carbocycles. The van der Waals surface area contributed by atoms with Crippen molar-refractivity contribution in [1.82, 2.24) is 4.90 Å².